The number of aliphatic hydroxyl groups is 1. The van der Waals surface area contributed by atoms with Gasteiger partial charge in [0.25, 0.3) is 0 Å². The summed E-state index contributed by atoms with van der Waals surface area (Å²) >= 11 is 9.34. The van der Waals surface area contributed by atoms with Gasteiger partial charge < -0.3 is 9.51 Å². The number of hydrogen-bond donors (Lipinski definition) is 1. The molecule has 0 aliphatic carbocycles. The van der Waals surface area contributed by atoms with E-state index in [4.69, 9.17) is 11.6 Å². The molecule has 0 fully saturated rings. The molecule has 27 heavy (non-hydrogen) atoms. The zero-order valence-corrected chi connectivity index (χ0v) is 16.3. The lowest BCUT2D eigenvalue weighted by molar-refractivity contribution is -0.274. The molecule has 3 aromatic rings. The molecule has 0 aliphatic rings. The Balaban J connectivity index is 2.36. The molecule has 3 nitrogen and oxygen atoms in total. The summed E-state index contributed by atoms with van der Waals surface area (Å²) < 4.78 is 44.5. The quantitative estimate of drug-likeness (QED) is 0.579. The van der Waals surface area contributed by atoms with E-state index in [1.807, 2.05) is 0 Å². The predicted octanol–water partition coefficient (Wildman–Crippen LogP) is 5.27. The highest BCUT2D eigenvalue weighted by molar-refractivity contribution is 9.10. The lowest BCUT2D eigenvalue weighted by Crippen LogP contribution is -2.49. The number of fused-ring (bicyclic) bond motifs is 1. The van der Waals surface area contributed by atoms with Crippen molar-refractivity contribution in [2.45, 2.75) is 24.6 Å². The molecule has 2 heterocycles. The van der Waals surface area contributed by atoms with Crippen LogP contribution >= 0.6 is 27.5 Å². The molecule has 0 bridgehead atoms. The Hall–Kier alpha value is -1.83. The van der Waals surface area contributed by atoms with E-state index in [0.717, 1.165) is 6.07 Å². The van der Waals surface area contributed by atoms with Crippen LogP contribution in [-0.2, 0) is 5.60 Å². The van der Waals surface area contributed by atoms with Crippen molar-refractivity contribution in [3.8, 4) is 0 Å². The molecule has 1 aromatic carbocycles. The van der Waals surface area contributed by atoms with Crippen LogP contribution in [0, 0.1) is 0 Å². The van der Waals surface area contributed by atoms with Crippen LogP contribution in [0.3, 0.4) is 0 Å². The first-order valence-corrected chi connectivity index (χ1v) is 9.09. The van der Waals surface area contributed by atoms with Gasteiger partial charge in [0.05, 0.1) is 11.1 Å². The van der Waals surface area contributed by atoms with E-state index in [1.54, 1.807) is 6.07 Å². The Labute approximate surface area is 166 Å². The van der Waals surface area contributed by atoms with Crippen molar-refractivity contribution in [3.05, 3.63) is 85.7 Å². The number of hydrogen-bond acceptors (Lipinski definition) is 2. The summed E-state index contributed by atoms with van der Waals surface area (Å²) in [6.07, 6.45) is -2.26. The number of pyridine rings is 2. The maximum atomic E-state index is 14.2. The highest BCUT2D eigenvalue weighted by Gasteiger charge is 2.60. The van der Waals surface area contributed by atoms with Crippen molar-refractivity contribution in [1.82, 2.24) is 4.40 Å². The summed E-state index contributed by atoms with van der Waals surface area (Å²) in [7, 11) is 0. The molecule has 3 rings (SSSR count). The standard InChI is InChI=1S/C19H14BrClF3NO2/c1-11(13-6-5-12(20)10-14(13)21)18(27,19(22,23)24)17-15-4-2-3-8-25(15)9-7-16(17)26/h2-11,27H,1H3. The van der Waals surface area contributed by atoms with E-state index in [-0.39, 0.29) is 16.1 Å². The fraction of sp³-hybridized carbons (Fsp3) is 0.211. The van der Waals surface area contributed by atoms with Gasteiger partial charge in [0.1, 0.15) is 0 Å². The van der Waals surface area contributed by atoms with E-state index in [1.165, 1.54) is 54.0 Å². The van der Waals surface area contributed by atoms with Crippen LogP contribution < -0.4 is 5.43 Å². The van der Waals surface area contributed by atoms with Gasteiger partial charge >= 0.3 is 6.18 Å². The van der Waals surface area contributed by atoms with E-state index in [9.17, 15) is 23.1 Å². The van der Waals surface area contributed by atoms with Gasteiger partial charge in [0.2, 0.25) is 0 Å². The summed E-state index contributed by atoms with van der Waals surface area (Å²) in [4.78, 5) is 12.5. The Bertz CT molecular complexity index is 1070. The topological polar surface area (TPSA) is 41.7 Å². The number of rotatable bonds is 3. The lowest BCUT2D eigenvalue weighted by atomic mass is 9.77. The van der Waals surface area contributed by atoms with E-state index >= 15 is 0 Å². The summed E-state index contributed by atoms with van der Waals surface area (Å²) in [5, 5.41) is 11.1. The molecule has 2 unspecified atom stereocenters. The highest BCUT2D eigenvalue weighted by Crippen LogP contribution is 2.49. The van der Waals surface area contributed by atoms with Crippen LogP contribution in [0.5, 0.6) is 0 Å². The van der Waals surface area contributed by atoms with Crippen molar-refractivity contribution in [3.63, 3.8) is 0 Å². The van der Waals surface area contributed by atoms with E-state index in [2.05, 4.69) is 15.9 Å². The zero-order valence-electron chi connectivity index (χ0n) is 14.0. The SMILES string of the molecule is CC(c1ccc(Br)cc1Cl)C(O)(c1c(=O)ccn2ccccc12)C(F)(F)F. The maximum absolute atomic E-state index is 14.2. The molecular weight excluding hydrogens is 447 g/mol. The molecule has 0 spiro atoms. The summed E-state index contributed by atoms with van der Waals surface area (Å²) in [6, 6.07) is 9.87. The van der Waals surface area contributed by atoms with Crippen molar-refractivity contribution >= 4 is 33.0 Å². The Kier molecular flexibility index (Phi) is 5.14. The average Bonchev–Trinajstić information content (AvgIpc) is 2.59. The minimum Gasteiger partial charge on any atom is -0.376 e. The Morgan fingerprint density at radius 3 is 2.48 bits per heavy atom. The second-order valence-electron chi connectivity index (χ2n) is 6.20. The fourth-order valence-corrected chi connectivity index (χ4v) is 4.06. The summed E-state index contributed by atoms with van der Waals surface area (Å²) in [5.74, 6) is -1.53. The minimum absolute atomic E-state index is 0.0232. The molecule has 142 valence electrons. The highest BCUT2D eigenvalue weighted by atomic mass is 79.9. The molecule has 0 radical (unpaired) electrons. The lowest BCUT2D eigenvalue weighted by Gasteiger charge is -2.37. The number of alkyl halides is 3. The van der Waals surface area contributed by atoms with Crippen molar-refractivity contribution < 1.29 is 18.3 Å². The van der Waals surface area contributed by atoms with Gasteiger partial charge in [-0.05, 0) is 29.8 Å². The van der Waals surface area contributed by atoms with Gasteiger partial charge in [-0.3, -0.25) is 4.79 Å². The average molecular weight is 461 g/mol. The zero-order chi connectivity index (χ0) is 20.0. The minimum atomic E-state index is -5.12. The predicted molar refractivity (Wildman–Crippen MR) is 101 cm³/mol. The molecule has 8 heteroatoms. The summed E-state index contributed by atoms with van der Waals surface area (Å²) in [5.41, 5.74) is -5.01. The van der Waals surface area contributed by atoms with Gasteiger partial charge in [-0.15, -0.1) is 0 Å². The number of benzene rings is 1. The molecule has 1 N–H and O–H groups in total. The first-order valence-electron chi connectivity index (χ1n) is 7.92. The number of halogens is 5. The van der Waals surface area contributed by atoms with Crippen LogP contribution in [0.2, 0.25) is 5.02 Å². The monoisotopic (exact) mass is 459 g/mol. The van der Waals surface area contributed by atoms with Gasteiger partial charge in [0, 0.05) is 33.9 Å². The van der Waals surface area contributed by atoms with Crippen LogP contribution in [0.15, 0.2) is 64.1 Å². The maximum Gasteiger partial charge on any atom is 0.422 e. The third kappa shape index (κ3) is 3.28. The van der Waals surface area contributed by atoms with Crippen LogP contribution in [0.4, 0.5) is 13.2 Å². The second-order valence-corrected chi connectivity index (χ2v) is 7.52. The molecular formula is C19H14BrClF3NO2. The molecule has 2 aromatic heterocycles. The van der Waals surface area contributed by atoms with Gasteiger partial charge in [0.15, 0.2) is 11.0 Å². The van der Waals surface area contributed by atoms with Crippen molar-refractivity contribution in [2.24, 2.45) is 0 Å². The second kappa shape index (κ2) is 6.96. The third-order valence-electron chi connectivity index (χ3n) is 4.65. The molecule has 0 aliphatic heterocycles. The smallest absolute Gasteiger partial charge is 0.376 e. The Morgan fingerprint density at radius 2 is 1.85 bits per heavy atom. The number of nitrogens with zero attached hydrogens (tertiary/aromatic N) is 1. The molecule has 0 amide bonds. The largest absolute Gasteiger partial charge is 0.422 e. The number of aromatic nitrogens is 1. The molecule has 2 atom stereocenters. The van der Waals surface area contributed by atoms with Crippen LogP contribution in [0.25, 0.3) is 5.52 Å². The van der Waals surface area contributed by atoms with E-state index < -0.39 is 28.7 Å². The Morgan fingerprint density at radius 1 is 1.15 bits per heavy atom. The summed E-state index contributed by atoms with van der Waals surface area (Å²) in [6.45, 7) is 1.20. The molecule has 0 saturated heterocycles. The third-order valence-corrected chi connectivity index (χ3v) is 5.47. The molecule has 0 saturated carbocycles. The van der Waals surface area contributed by atoms with Crippen LogP contribution in [-0.4, -0.2) is 15.7 Å². The van der Waals surface area contributed by atoms with Crippen molar-refractivity contribution in [1.29, 1.82) is 0 Å². The first-order chi connectivity index (χ1) is 12.6. The van der Waals surface area contributed by atoms with Crippen LogP contribution in [0.1, 0.15) is 24.0 Å². The van der Waals surface area contributed by atoms with Gasteiger partial charge in [-0.25, -0.2) is 0 Å². The first kappa shape index (κ1) is 19.9. The van der Waals surface area contributed by atoms with E-state index in [0.29, 0.717) is 4.47 Å². The van der Waals surface area contributed by atoms with Gasteiger partial charge in [-0.2, -0.15) is 13.2 Å². The fourth-order valence-electron chi connectivity index (χ4n) is 3.22. The normalized spacial score (nSPS) is 15.5. The van der Waals surface area contributed by atoms with Crippen molar-refractivity contribution in [2.75, 3.05) is 0 Å². The van der Waals surface area contributed by atoms with Gasteiger partial charge in [-0.1, -0.05) is 46.6 Å².